The Hall–Kier alpha value is -3.52. The number of alkyl halides is 3. The number of anilines is 1. The van der Waals surface area contributed by atoms with Gasteiger partial charge < -0.3 is 14.8 Å². The summed E-state index contributed by atoms with van der Waals surface area (Å²) in [6.07, 6.45) is -1.93. The van der Waals surface area contributed by atoms with Gasteiger partial charge in [-0.15, -0.1) is 10.2 Å². The van der Waals surface area contributed by atoms with E-state index in [1.807, 2.05) is 0 Å². The van der Waals surface area contributed by atoms with Gasteiger partial charge in [-0.3, -0.25) is 4.90 Å². The Morgan fingerprint density at radius 1 is 1.24 bits per heavy atom. The lowest BCUT2D eigenvalue weighted by molar-refractivity contribution is -0.142. The summed E-state index contributed by atoms with van der Waals surface area (Å²) in [7, 11) is -2.92. The van der Waals surface area contributed by atoms with Crippen LogP contribution in [0.5, 0.6) is 5.88 Å². The number of rotatable bonds is 6. The van der Waals surface area contributed by atoms with E-state index in [2.05, 4.69) is 30.6 Å². The van der Waals surface area contributed by atoms with Gasteiger partial charge in [0.2, 0.25) is 11.8 Å². The molecule has 6 rings (SSSR count). The van der Waals surface area contributed by atoms with E-state index in [1.165, 1.54) is 18.2 Å². The lowest BCUT2D eigenvalue weighted by Gasteiger charge is -2.41. The van der Waals surface area contributed by atoms with E-state index in [9.17, 15) is 13.2 Å². The van der Waals surface area contributed by atoms with Crippen molar-refractivity contribution < 1.29 is 31.1 Å². The highest BCUT2D eigenvalue weighted by Crippen LogP contribution is 2.35. The molecule has 0 aliphatic carbocycles. The Labute approximate surface area is 212 Å². The first-order valence-corrected chi connectivity index (χ1v) is 11.7. The standard InChI is InChI=1S/C23H24F4N8O2/c1-36-21-20-19(13-2-3-17-18(8-13)35(32-30-17)12-23(25,26)27)16(24)9-34(20)31-22(29-21)28-14-4-6-33(7-5-14)15-10-37-11-15/h2-3,8-9,14-15H,4-7,10-12H2,1H3,(H,28,31)/i1D3. The number of halogens is 4. The summed E-state index contributed by atoms with van der Waals surface area (Å²) in [5.41, 5.74) is 0.113. The van der Waals surface area contributed by atoms with Crippen molar-refractivity contribution in [2.75, 3.05) is 38.7 Å². The molecule has 10 nitrogen and oxygen atoms in total. The molecule has 3 aromatic heterocycles. The first-order valence-electron chi connectivity index (χ1n) is 13.2. The number of hydrogen-bond donors (Lipinski definition) is 1. The van der Waals surface area contributed by atoms with Gasteiger partial charge in [0.15, 0.2) is 5.82 Å². The summed E-state index contributed by atoms with van der Waals surface area (Å²) < 4.78 is 89.6. The van der Waals surface area contributed by atoms with Gasteiger partial charge in [0.05, 0.1) is 47.7 Å². The maximum atomic E-state index is 15.4. The SMILES string of the molecule is [2H]C([2H])([2H])Oc1nc(NC2CCN(C3COC3)CC2)nn2cc(F)c(-c3ccc4nnn(CC(F)(F)F)c4c3)c12. The van der Waals surface area contributed by atoms with Crippen LogP contribution in [0.15, 0.2) is 24.4 Å². The Morgan fingerprint density at radius 2 is 2.05 bits per heavy atom. The number of ether oxygens (including phenoxy) is 2. The van der Waals surface area contributed by atoms with Gasteiger partial charge in [-0.2, -0.15) is 18.2 Å². The number of aromatic nitrogens is 6. The highest BCUT2D eigenvalue weighted by molar-refractivity contribution is 5.89. The van der Waals surface area contributed by atoms with Crippen LogP contribution in [0.1, 0.15) is 17.0 Å². The Balaban J connectivity index is 1.36. The Morgan fingerprint density at radius 3 is 2.76 bits per heavy atom. The van der Waals surface area contributed by atoms with Crippen LogP contribution in [0, 0.1) is 5.82 Å². The maximum absolute atomic E-state index is 15.4. The molecule has 2 aliphatic heterocycles. The Kier molecular flexibility index (Phi) is 5.05. The fraction of sp³-hybridized carbons (Fsp3) is 0.478. The second-order valence-electron chi connectivity index (χ2n) is 9.20. The number of piperidine rings is 1. The molecule has 0 unspecified atom stereocenters. The quantitative estimate of drug-likeness (QED) is 0.386. The molecule has 0 radical (unpaired) electrons. The molecule has 2 aliphatic rings. The van der Waals surface area contributed by atoms with Crippen molar-refractivity contribution in [2.24, 2.45) is 0 Å². The van der Waals surface area contributed by atoms with Crippen molar-refractivity contribution in [3.8, 4) is 17.0 Å². The topological polar surface area (TPSA) is 94.6 Å². The molecule has 1 N–H and O–H groups in total. The summed E-state index contributed by atoms with van der Waals surface area (Å²) in [4.78, 5) is 6.63. The second-order valence-corrected chi connectivity index (χ2v) is 9.20. The van der Waals surface area contributed by atoms with Gasteiger partial charge in [0.25, 0.3) is 0 Å². The molecule has 37 heavy (non-hydrogen) atoms. The highest BCUT2D eigenvalue weighted by Gasteiger charge is 2.31. The molecule has 4 aromatic rings. The third-order valence-electron chi connectivity index (χ3n) is 6.78. The number of benzene rings is 1. The average molecular weight is 524 g/mol. The fourth-order valence-electron chi connectivity index (χ4n) is 4.86. The molecule has 2 fully saturated rings. The number of hydrogen-bond acceptors (Lipinski definition) is 8. The predicted molar refractivity (Wildman–Crippen MR) is 125 cm³/mol. The van der Waals surface area contributed by atoms with Crippen LogP contribution in [-0.4, -0.2) is 86.1 Å². The van der Waals surface area contributed by atoms with Crippen molar-refractivity contribution in [3.63, 3.8) is 0 Å². The highest BCUT2D eigenvalue weighted by atomic mass is 19.4. The zero-order chi connectivity index (χ0) is 28.2. The van der Waals surface area contributed by atoms with Gasteiger partial charge >= 0.3 is 6.18 Å². The van der Waals surface area contributed by atoms with Crippen molar-refractivity contribution >= 4 is 22.5 Å². The monoisotopic (exact) mass is 523 g/mol. The van der Waals surface area contributed by atoms with Crippen LogP contribution in [0.2, 0.25) is 0 Å². The van der Waals surface area contributed by atoms with E-state index in [-0.39, 0.29) is 39.7 Å². The fourth-order valence-corrected chi connectivity index (χ4v) is 4.86. The molecular weight excluding hydrogens is 496 g/mol. The van der Waals surface area contributed by atoms with Gasteiger partial charge in [-0.1, -0.05) is 11.3 Å². The van der Waals surface area contributed by atoms with E-state index in [0.717, 1.165) is 49.9 Å². The molecule has 5 heterocycles. The summed E-state index contributed by atoms with van der Waals surface area (Å²) in [6, 6.07) is 4.57. The first-order chi connectivity index (χ1) is 18.9. The van der Waals surface area contributed by atoms with E-state index in [4.69, 9.17) is 13.6 Å². The number of nitrogens with one attached hydrogen (secondary N) is 1. The van der Waals surface area contributed by atoms with Gasteiger partial charge in [0.1, 0.15) is 17.6 Å². The normalized spacial score (nSPS) is 19.5. The minimum atomic E-state index is -4.55. The summed E-state index contributed by atoms with van der Waals surface area (Å²) >= 11 is 0. The maximum Gasteiger partial charge on any atom is 0.408 e. The average Bonchev–Trinajstić information content (AvgIpc) is 3.36. The first kappa shape index (κ1) is 20.5. The van der Waals surface area contributed by atoms with Crippen LogP contribution in [0.4, 0.5) is 23.5 Å². The molecule has 0 amide bonds. The zero-order valence-corrected chi connectivity index (χ0v) is 19.4. The van der Waals surface area contributed by atoms with E-state index in [1.54, 1.807) is 0 Å². The lowest BCUT2D eigenvalue weighted by atomic mass is 10.0. The van der Waals surface area contributed by atoms with Crippen LogP contribution in [0.25, 0.3) is 27.7 Å². The van der Waals surface area contributed by atoms with E-state index < -0.39 is 31.5 Å². The van der Waals surface area contributed by atoms with Crippen molar-refractivity contribution in [2.45, 2.75) is 37.6 Å². The third-order valence-corrected chi connectivity index (χ3v) is 6.78. The predicted octanol–water partition coefficient (Wildman–Crippen LogP) is 3.13. The van der Waals surface area contributed by atoms with Gasteiger partial charge in [0, 0.05) is 19.1 Å². The smallest absolute Gasteiger partial charge is 0.408 e. The van der Waals surface area contributed by atoms with Crippen LogP contribution in [0.3, 0.4) is 0 Å². The third kappa shape index (κ3) is 4.55. The molecule has 2 saturated heterocycles. The molecule has 196 valence electrons. The van der Waals surface area contributed by atoms with E-state index in [0.29, 0.717) is 10.7 Å². The van der Waals surface area contributed by atoms with E-state index >= 15 is 4.39 Å². The van der Waals surface area contributed by atoms with Crippen molar-refractivity contribution in [1.29, 1.82) is 0 Å². The Bertz CT molecular complexity index is 1550. The van der Waals surface area contributed by atoms with Gasteiger partial charge in [-0.25, -0.2) is 13.6 Å². The van der Waals surface area contributed by atoms with Crippen LogP contribution in [-0.2, 0) is 11.3 Å². The summed E-state index contributed by atoms with van der Waals surface area (Å²) in [5, 5.41) is 14.8. The number of likely N-dealkylation sites (tertiary alicyclic amines) is 1. The van der Waals surface area contributed by atoms with Crippen LogP contribution >= 0.6 is 0 Å². The molecular formula is C23H24F4N8O2. The molecule has 0 bridgehead atoms. The second kappa shape index (κ2) is 9.10. The summed E-state index contributed by atoms with van der Waals surface area (Å²) in [5.74, 6) is -1.14. The largest absolute Gasteiger partial charge is 0.479 e. The molecule has 14 heteroatoms. The zero-order valence-electron chi connectivity index (χ0n) is 22.4. The number of fused-ring (bicyclic) bond motifs is 2. The van der Waals surface area contributed by atoms with Crippen molar-refractivity contribution in [3.05, 3.63) is 30.2 Å². The van der Waals surface area contributed by atoms with Crippen molar-refractivity contribution in [1.82, 2.24) is 34.5 Å². The number of methoxy groups -OCH3 is 1. The molecule has 0 spiro atoms. The molecule has 1 aromatic carbocycles. The number of nitrogens with zero attached hydrogens (tertiary/aromatic N) is 7. The summed E-state index contributed by atoms with van der Waals surface area (Å²) in [6.45, 7) is 1.76. The lowest BCUT2D eigenvalue weighted by Crippen LogP contribution is -2.53. The molecule has 0 saturated carbocycles. The minimum absolute atomic E-state index is 0.000914. The van der Waals surface area contributed by atoms with Crippen LogP contribution < -0.4 is 10.1 Å². The minimum Gasteiger partial charge on any atom is -0.479 e. The molecule has 0 atom stereocenters. The van der Waals surface area contributed by atoms with Gasteiger partial charge in [-0.05, 0) is 30.5 Å².